The molecule has 0 amide bonds. The molecule has 2 nitrogen and oxygen atoms in total. The average molecular weight is 398 g/mol. The van der Waals surface area contributed by atoms with Gasteiger partial charge in [0.15, 0.2) is 0 Å². The maximum Gasteiger partial charge on any atom is 0.0507 e. The molecule has 2 rings (SSSR count). The Labute approximate surface area is 137 Å². The molecule has 0 heterocycles. The second-order valence-electron chi connectivity index (χ2n) is 5.20. The van der Waals surface area contributed by atoms with E-state index in [-0.39, 0.29) is 5.54 Å². The smallest absolute Gasteiger partial charge is 0.0507 e. The third-order valence-corrected chi connectivity index (χ3v) is 4.31. The van der Waals surface area contributed by atoms with Crippen molar-refractivity contribution >= 4 is 37.5 Å². The van der Waals surface area contributed by atoms with Gasteiger partial charge in [0.25, 0.3) is 0 Å². The SMILES string of the molecule is CC(CN)(Cc1ccc(Br)cc1)Nc1ccc(Br)cc1. The molecule has 1 unspecified atom stereocenters. The van der Waals surface area contributed by atoms with E-state index in [0.29, 0.717) is 6.54 Å². The summed E-state index contributed by atoms with van der Waals surface area (Å²) in [6.07, 6.45) is 0.882. The fourth-order valence-electron chi connectivity index (χ4n) is 2.10. The van der Waals surface area contributed by atoms with Gasteiger partial charge in [-0.15, -0.1) is 0 Å². The van der Waals surface area contributed by atoms with Gasteiger partial charge in [-0.1, -0.05) is 44.0 Å². The highest BCUT2D eigenvalue weighted by molar-refractivity contribution is 9.10. The molecule has 0 aliphatic heterocycles. The van der Waals surface area contributed by atoms with Crippen LogP contribution in [0.3, 0.4) is 0 Å². The van der Waals surface area contributed by atoms with Gasteiger partial charge in [-0.05, 0) is 55.3 Å². The molecule has 0 aliphatic rings. The van der Waals surface area contributed by atoms with Crippen LogP contribution in [0.25, 0.3) is 0 Å². The van der Waals surface area contributed by atoms with Gasteiger partial charge >= 0.3 is 0 Å². The highest BCUT2D eigenvalue weighted by Gasteiger charge is 2.22. The fourth-order valence-corrected chi connectivity index (χ4v) is 2.63. The predicted octanol–water partition coefficient (Wildman–Crippen LogP) is 4.58. The minimum Gasteiger partial charge on any atom is -0.378 e. The molecule has 2 aromatic carbocycles. The largest absolute Gasteiger partial charge is 0.378 e. The Bertz CT molecular complexity index is 502. The summed E-state index contributed by atoms with van der Waals surface area (Å²) in [7, 11) is 0. The molecule has 0 spiro atoms. The number of benzene rings is 2. The quantitative estimate of drug-likeness (QED) is 0.774. The second-order valence-corrected chi connectivity index (χ2v) is 7.03. The molecule has 4 heteroatoms. The summed E-state index contributed by atoms with van der Waals surface area (Å²) in [6.45, 7) is 2.72. The van der Waals surface area contributed by atoms with Gasteiger partial charge in [-0.3, -0.25) is 0 Å². The number of nitrogens with one attached hydrogen (secondary N) is 1. The summed E-state index contributed by atoms with van der Waals surface area (Å²) in [5.41, 5.74) is 8.17. The fraction of sp³-hybridized carbons (Fsp3) is 0.250. The lowest BCUT2D eigenvalue weighted by Crippen LogP contribution is -2.44. The Kier molecular flexibility index (Phi) is 5.24. The number of nitrogens with two attached hydrogens (primary N) is 1. The van der Waals surface area contributed by atoms with Crippen LogP contribution in [-0.4, -0.2) is 12.1 Å². The van der Waals surface area contributed by atoms with Gasteiger partial charge in [0.05, 0.1) is 5.54 Å². The summed E-state index contributed by atoms with van der Waals surface area (Å²) in [6, 6.07) is 16.5. The van der Waals surface area contributed by atoms with Crippen LogP contribution in [0.15, 0.2) is 57.5 Å². The van der Waals surface area contributed by atoms with Gasteiger partial charge < -0.3 is 11.1 Å². The molecular weight excluding hydrogens is 380 g/mol. The van der Waals surface area contributed by atoms with Crippen molar-refractivity contribution in [1.29, 1.82) is 0 Å². The van der Waals surface area contributed by atoms with E-state index >= 15 is 0 Å². The minimum atomic E-state index is -0.165. The van der Waals surface area contributed by atoms with Crippen molar-refractivity contribution in [1.82, 2.24) is 0 Å². The zero-order valence-corrected chi connectivity index (χ0v) is 14.5. The zero-order chi connectivity index (χ0) is 14.6. The molecule has 1 atom stereocenters. The molecule has 0 bridgehead atoms. The Morgan fingerprint density at radius 1 is 0.950 bits per heavy atom. The summed E-state index contributed by atoms with van der Waals surface area (Å²) in [4.78, 5) is 0. The molecular formula is C16H18Br2N2. The van der Waals surface area contributed by atoms with E-state index in [1.807, 2.05) is 12.1 Å². The standard InChI is InChI=1S/C16H18Br2N2/c1-16(11-19,10-12-2-4-13(17)5-3-12)20-15-8-6-14(18)7-9-15/h2-9,20H,10-11,19H2,1H3. The van der Waals surface area contributed by atoms with Gasteiger partial charge in [-0.25, -0.2) is 0 Å². The number of hydrogen-bond donors (Lipinski definition) is 2. The monoisotopic (exact) mass is 396 g/mol. The molecule has 3 N–H and O–H groups in total. The van der Waals surface area contributed by atoms with Gasteiger partial charge in [0.2, 0.25) is 0 Å². The van der Waals surface area contributed by atoms with Gasteiger partial charge in [0, 0.05) is 21.2 Å². The van der Waals surface area contributed by atoms with E-state index < -0.39 is 0 Å². The first kappa shape index (κ1) is 15.5. The first-order valence-corrected chi connectivity index (χ1v) is 8.08. The number of anilines is 1. The van der Waals surface area contributed by atoms with E-state index in [1.165, 1.54) is 5.56 Å². The summed E-state index contributed by atoms with van der Waals surface area (Å²) < 4.78 is 2.17. The molecule has 0 aromatic heterocycles. The Hall–Kier alpha value is -0.840. The Balaban J connectivity index is 2.12. The highest BCUT2D eigenvalue weighted by Crippen LogP contribution is 2.22. The van der Waals surface area contributed by atoms with Crippen molar-refractivity contribution in [2.24, 2.45) is 5.73 Å². The van der Waals surface area contributed by atoms with E-state index in [1.54, 1.807) is 0 Å². The number of rotatable bonds is 5. The molecule has 0 fully saturated rings. The Morgan fingerprint density at radius 2 is 1.45 bits per heavy atom. The number of halogens is 2. The lowest BCUT2D eigenvalue weighted by atomic mass is 9.92. The molecule has 20 heavy (non-hydrogen) atoms. The maximum atomic E-state index is 5.98. The van der Waals surface area contributed by atoms with E-state index in [9.17, 15) is 0 Å². The van der Waals surface area contributed by atoms with Crippen molar-refractivity contribution < 1.29 is 0 Å². The van der Waals surface area contributed by atoms with Crippen molar-refractivity contribution in [3.05, 3.63) is 63.0 Å². The summed E-state index contributed by atoms with van der Waals surface area (Å²) in [5.74, 6) is 0. The van der Waals surface area contributed by atoms with Crippen molar-refractivity contribution in [2.45, 2.75) is 18.9 Å². The van der Waals surface area contributed by atoms with E-state index in [2.05, 4.69) is 80.5 Å². The van der Waals surface area contributed by atoms with Crippen LogP contribution in [0, 0.1) is 0 Å². The summed E-state index contributed by atoms with van der Waals surface area (Å²) >= 11 is 6.90. The molecule has 0 aliphatic carbocycles. The van der Waals surface area contributed by atoms with Crippen molar-refractivity contribution in [3.8, 4) is 0 Å². The van der Waals surface area contributed by atoms with Gasteiger partial charge in [0.1, 0.15) is 0 Å². The summed E-state index contributed by atoms with van der Waals surface area (Å²) in [5, 5.41) is 3.54. The van der Waals surface area contributed by atoms with Crippen molar-refractivity contribution in [3.63, 3.8) is 0 Å². The first-order valence-electron chi connectivity index (χ1n) is 6.49. The van der Waals surface area contributed by atoms with Crippen LogP contribution in [-0.2, 0) is 6.42 Å². The van der Waals surface area contributed by atoms with Crippen LogP contribution in [0.1, 0.15) is 12.5 Å². The normalized spacial score (nSPS) is 13.8. The van der Waals surface area contributed by atoms with Gasteiger partial charge in [-0.2, -0.15) is 0 Å². The lowest BCUT2D eigenvalue weighted by Gasteiger charge is -2.31. The third-order valence-electron chi connectivity index (χ3n) is 3.25. The van der Waals surface area contributed by atoms with Crippen LogP contribution < -0.4 is 11.1 Å². The topological polar surface area (TPSA) is 38.0 Å². The van der Waals surface area contributed by atoms with E-state index in [4.69, 9.17) is 5.73 Å². The second kappa shape index (κ2) is 6.74. The molecule has 2 aromatic rings. The average Bonchev–Trinajstić information content (AvgIpc) is 2.44. The minimum absolute atomic E-state index is 0.165. The maximum absolute atomic E-state index is 5.98. The first-order chi connectivity index (χ1) is 9.50. The third kappa shape index (κ3) is 4.33. The molecule has 0 radical (unpaired) electrons. The molecule has 0 saturated carbocycles. The molecule has 0 saturated heterocycles. The number of hydrogen-bond acceptors (Lipinski definition) is 2. The zero-order valence-electron chi connectivity index (χ0n) is 11.4. The van der Waals surface area contributed by atoms with Crippen LogP contribution in [0.5, 0.6) is 0 Å². The Morgan fingerprint density at radius 3 is 1.95 bits per heavy atom. The van der Waals surface area contributed by atoms with Crippen LogP contribution in [0.4, 0.5) is 5.69 Å². The predicted molar refractivity (Wildman–Crippen MR) is 93.1 cm³/mol. The molecule has 106 valence electrons. The van der Waals surface area contributed by atoms with E-state index in [0.717, 1.165) is 21.1 Å². The lowest BCUT2D eigenvalue weighted by molar-refractivity contribution is 0.521. The highest BCUT2D eigenvalue weighted by atomic mass is 79.9. The van der Waals surface area contributed by atoms with Crippen LogP contribution >= 0.6 is 31.9 Å². The van der Waals surface area contributed by atoms with Crippen molar-refractivity contribution in [2.75, 3.05) is 11.9 Å². The van der Waals surface area contributed by atoms with Crippen LogP contribution in [0.2, 0.25) is 0 Å².